The standard InChI is InChI=1S/C11H24N2O3S/c1-11(2,8-14)9(15)10(16)13-5-7-17-6-3-4-12/h9,14-15H,3-8,12H2,1-2H3,(H,13,16). The van der Waals surface area contributed by atoms with Crippen molar-refractivity contribution in [2.45, 2.75) is 26.4 Å². The van der Waals surface area contributed by atoms with Gasteiger partial charge in [0.05, 0.1) is 6.61 Å². The van der Waals surface area contributed by atoms with Crippen LogP contribution in [0.1, 0.15) is 20.3 Å². The lowest BCUT2D eigenvalue weighted by molar-refractivity contribution is -0.136. The molecule has 0 aromatic rings. The molecule has 0 aliphatic carbocycles. The van der Waals surface area contributed by atoms with Crippen LogP contribution in [0.2, 0.25) is 0 Å². The van der Waals surface area contributed by atoms with Gasteiger partial charge in [-0.05, 0) is 18.7 Å². The lowest BCUT2D eigenvalue weighted by Crippen LogP contribution is -2.46. The fourth-order valence-electron chi connectivity index (χ4n) is 1.07. The van der Waals surface area contributed by atoms with Crippen LogP contribution in [0.3, 0.4) is 0 Å². The number of aliphatic hydroxyl groups excluding tert-OH is 2. The van der Waals surface area contributed by atoms with Crippen molar-refractivity contribution in [2.75, 3.05) is 31.2 Å². The van der Waals surface area contributed by atoms with Gasteiger partial charge < -0.3 is 21.3 Å². The van der Waals surface area contributed by atoms with Crippen molar-refractivity contribution >= 4 is 17.7 Å². The molecule has 1 unspecified atom stereocenters. The Balaban J connectivity index is 3.72. The van der Waals surface area contributed by atoms with Crippen LogP contribution in [0, 0.1) is 5.41 Å². The van der Waals surface area contributed by atoms with Crippen LogP contribution >= 0.6 is 11.8 Å². The van der Waals surface area contributed by atoms with Crippen LogP contribution in [0.5, 0.6) is 0 Å². The number of hydrogen-bond donors (Lipinski definition) is 4. The van der Waals surface area contributed by atoms with Crippen molar-refractivity contribution in [2.24, 2.45) is 11.1 Å². The normalized spacial score (nSPS) is 13.5. The van der Waals surface area contributed by atoms with E-state index in [2.05, 4.69) is 5.32 Å². The molecule has 0 rings (SSSR count). The van der Waals surface area contributed by atoms with Crippen LogP contribution in [-0.2, 0) is 4.79 Å². The molecule has 0 aliphatic rings. The summed E-state index contributed by atoms with van der Waals surface area (Å²) < 4.78 is 0. The molecular weight excluding hydrogens is 240 g/mol. The molecule has 0 saturated heterocycles. The van der Waals surface area contributed by atoms with Gasteiger partial charge in [0.2, 0.25) is 5.91 Å². The molecule has 0 aliphatic heterocycles. The molecule has 0 saturated carbocycles. The predicted molar refractivity (Wildman–Crippen MR) is 70.9 cm³/mol. The molecule has 102 valence electrons. The fourth-order valence-corrected chi connectivity index (χ4v) is 1.89. The molecule has 5 N–H and O–H groups in total. The molecule has 0 heterocycles. The zero-order chi connectivity index (χ0) is 13.3. The van der Waals surface area contributed by atoms with Crippen LogP contribution in [0.4, 0.5) is 0 Å². The topological polar surface area (TPSA) is 95.6 Å². The van der Waals surface area contributed by atoms with Gasteiger partial charge in [-0.2, -0.15) is 11.8 Å². The molecule has 0 bridgehead atoms. The van der Waals surface area contributed by atoms with Crippen LogP contribution in [0.25, 0.3) is 0 Å². The van der Waals surface area contributed by atoms with E-state index in [1.54, 1.807) is 25.6 Å². The van der Waals surface area contributed by atoms with Gasteiger partial charge in [-0.3, -0.25) is 4.79 Å². The van der Waals surface area contributed by atoms with E-state index in [0.717, 1.165) is 17.9 Å². The average molecular weight is 264 g/mol. The summed E-state index contributed by atoms with van der Waals surface area (Å²) >= 11 is 1.72. The summed E-state index contributed by atoms with van der Waals surface area (Å²) in [6.07, 6.45) is -0.208. The lowest BCUT2D eigenvalue weighted by Gasteiger charge is -2.27. The number of amides is 1. The third-order valence-electron chi connectivity index (χ3n) is 2.43. The number of rotatable bonds is 9. The van der Waals surface area contributed by atoms with Gasteiger partial charge in [0.15, 0.2) is 0 Å². The van der Waals surface area contributed by atoms with Crippen LogP contribution < -0.4 is 11.1 Å². The summed E-state index contributed by atoms with van der Waals surface area (Å²) in [5.41, 5.74) is 4.55. The number of carbonyl (C=O) groups is 1. The van der Waals surface area contributed by atoms with Crippen molar-refractivity contribution < 1.29 is 15.0 Å². The summed E-state index contributed by atoms with van der Waals surface area (Å²) in [6.45, 7) is 4.27. The number of carbonyl (C=O) groups excluding carboxylic acids is 1. The van der Waals surface area contributed by atoms with E-state index in [0.29, 0.717) is 13.1 Å². The Morgan fingerprint density at radius 2 is 2.12 bits per heavy atom. The Labute approximate surface area is 107 Å². The summed E-state index contributed by atoms with van der Waals surface area (Å²) in [7, 11) is 0. The van der Waals surface area contributed by atoms with E-state index in [4.69, 9.17) is 10.8 Å². The van der Waals surface area contributed by atoms with Gasteiger partial charge in [0.25, 0.3) is 0 Å². The maximum atomic E-state index is 11.5. The van der Waals surface area contributed by atoms with E-state index in [9.17, 15) is 9.90 Å². The number of aliphatic hydroxyl groups is 2. The smallest absolute Gasteiger partial charge is 0.249 e. The largest absolute Gasteiger partial charge is 0.396 e. The molecule has 0 aromatic carbocycles. The lowest BCUT2D eigenvalue weighted by atomic mass is 9.87. The van der Waals surface area contributed by atoms with Crippen molar-refractivity contribution in [1.29, 1.82) is 0 Å². The van der Waals surface area contributed by atoms with E-state index in [-0.39, 0.29) is 6.61 Å². The van der Waals surface area contributed by atoms with Crippen molar-refractivity contribution in [1.82, 2.24) is 5.32 Å². The van der Waals surface area contributed by atoms with Gasteiger partial charge in [0, 0.05) is 17.7 Å². The number of hydrogen-bond acceptors (Lipinski definition) is 5. The van der Waals surface area contributed by atoms with Crippen molar-refractivity contribution in [3.8, 4) is 0 Å². The molecular formula is C11H24N2O3S. The van der Waals surface area contributed by atoms with E-state index < -0.39 is 17.4 Å². The van der Waals surface area contributed by atoms with Gasteiger partial charge in [-0.15, -0.1) is 0 Å². The second kappa shape index (κ2) is 8.74. The maximum Gasteiger partial charge on any atom is 0.249 e. The first-order valence-corrected chi connectivity index (χ1v) is 6.95. The van der Waals surface area contributed by atoms with Gasteiger partial charge in [-0.25, -0.2) is 0 Å². The number of nitrogens with one attached hydrogen (secondary N) is 1. The van der Waals surface area contributed by atoms with Crippen molar-refractivity contribution in [3.63, 3.8) is 0 Å². The van der Waals surface area contributed by atoms with Crippen LogP contribution in [0.15, 0.2) is 0 Å². The molecule has 0 spiro atoms. The first-order valence-electron chi connectivity index (χ1n) is 5.80. The summed E-state index contributed by atoms with van der Waals surface area (Å²) in [6, 6.07) is 0. The molecule has 1 amide bonds. The number of nitrogens with two attached hydrogens (primary N) is 1. The summed E-state index contributed by atoms with van der Waals surface area (Å²) in [4.78, 5) is 11.5. The summed E-state index contributed by atoms with van der Waals surface area (Å²) in [5, 5.41) is 21.4. The van der Waals surface area contributed by atoms with E-state index >= 15 is 0 Å². The minimum Gasteiger partial charge on any atom is -0.396 e. The molecule has 1 atom stereocenters. The van der Waals surface area contributed by atoms with Crippen LogP contribution in [-0.4, -0.2) is 53.4 Å². The quantitative estimate of drug-likeness (QED) is 0.424. The Hall–Kier alpha value is -0.300. The Morgan fingerprint density at radius 3 is 2.65 bits per heavy atom. The second-order valence-corrected chi connectivity index (χ2v) is 5.82. The zero-order valence-corrected chi connectivity index (χ0v) is 11.4. The van der Waals surface area contributed by atoms with Crippen molar-refractivity contribution in [3.05, 3.63) is 0 Å². The molecule has 17 heavy (non-hydrogen) atoms. The second-order valence-electron chi connectivity index (χ2n) is 4.59. The summed E-state index contributed by atoms with van der Waals surface area (Å²) in [5.74, 6) is 1.36. The minimum absolute atomic E-state index is 0.229. The third-order valence-corrected chi connectivity index (χ3v) is 3.50. The Morgan fingerprint density at radius 1 is 1.47 bits per heavy atom. The Bertz CT molecular complexity index is 225. The average Bonchev–Trinajstić information content (AvgIpc) is 2.32. The SMILES string of the molecule is CC(C)(CO)C(O)C(=O)NCCSCCCN. The molecule has 5 nitrogen and oxygen atoms in total. The zero-order valence-electron chi connectivity index (χ0n) is 10.6. The monoisotopic (exact) mass is 264 g/mol. The van der Waals surface area contributed by atoms with Gasteiger partial charge in [-0.1, -0.05) is 13.8 Å². The maximum absolute atomic E-state index is 11.5. The Kier molecular flexibility index (Phi) is 8.59. The van der Waals surface area contributed by atoms with Gasteiger partial charge >= 0.3 is 0 Å². The molecule has 0 fully saturated rings. The molecule has 0 aromatic heterocycles. The van der Waals surface area contributed by atoms with E-state index in [1.807, 2.05) is 0 Å². The highest BCUT2D eigenvalue weighted by Gasteiger charge is 2.32. The predicted octanol–water partition coefficient (Wildman–Crippen LogP) is -0.436. The first kappa shape index (κ1) is 16.7. The minimum atomic E-state index is -1.18. The third kappa shape index (κ3) is 6.88. The molecule has 6 heteroatoms. The first-order chi connectivity index (χ1) is 7.95. The van der Waals surface area contributed by atoms with Gasteiger partial charge in [0.1, 0.15) is 6.10 Å². The van der Waals surface area contributed by atoms with E-state index in [1.165, 1.54) is 0 Å². The highest BCUT2D eigenvalue weighted by Crippen LogP contribution is 2.19. The fraction of sp³-hybridized carbons (Fsp3) is 0.909. The molecule has 0 radical (unpaired) electrons. The highest BCUT2D eigenvalue weighted by molar-refractivity contribution is 7.99. The highest BCUT2D eigenvalue weighted by atomic mass is 32.2. The number of thioether (sulfide) groups is 1.